The van der Waals surface area contributed by atoms with Gasteiger partial charge in [-0.25, -0.2) is 4.39 Å². The number of carbonyl (C=O) groups is 1. The first-order valence-electron chi connectivity index (χ1n) is 6.06. The van der Waals surface area contributed by atoms with Crippen LogP contribution in [-0.4, -0.2) is 18.7 Å². The number of ether oxygens (including phenoxy) is 1. The van der Waals surface area contributed by atoms with Crippen molar-refractivity contribution >= 4 is 5.97 Å². The summed E-state index contributed by atoms with van der Waals surface area (Å²) in [6.45, 7) is 2.65. The second-order valence-electron chi connectivity index (χ2n) is 4.29. The summed E-state index contributed by atoms with van der Waals surface area (Å²) in [5.74, 6) is -0.777. The topological polar surface area (TPSA) is 26.3 Å². The Morgan fingerprint density at radius 3 is 2.47 bits per heavy atom. The molecule has 0 bridgehead atoms. The lowest BCUT2D eigenvalue weighted by Crippen LogP contribution is -2.09. The molecule has 0 aromatic rings. The molecule has 1 aliphatic rings. The van der Waals surface area contributed by atoms with Crippen LogP contribution in [0, 0.1) is 5.92 Å². The van der Waals surface area contributed by atoms with E-state index < -0.39 is 12.1 Å². The second kappa shape index (κ2) is 6.81. The smallest absolute Gasteiger partial charge is 0.312 e. The Kier molecular flexibility index (Phi) is 5.66. The van der Waals surface area contributed by atoms with Crippen molar-refractivity contribution in [2.24, 2.45) is 5.92 Å². The highest BCUT2D eigenvalue weighted by Gasteiger charge is 2.44. The fourth-order valence-corrected chi connectivity index (χ4v) is 1.57. The van der Waals surface area contributed by atoms with Gasteiger partial charge in [0.05, 0.1) is 12.5 Å². The van der Waals surface area contributed by atoms with Crippen LogP contribution in [0.5, 0.6) is 0 Å². The quantitative estimate of drug-likeness (QED) is 0.460. The minimum absolute atomic E-state index is 0.337. The third-order valence-electron chi connectivity index (χ3n) is 2.76. The lowest BCUT2D eigenvalue weighted by atomic mass is 10.1. The van der Waals surface area contributed by atoms with Crippen LogP contribution in [0.2, 0.25) is 0 Å². The van der Waals surface area contributed by atoms with Gasteiger partial charge in [0.15, 0.2) is 0 Å². The minimum atomic E-state index is -0.929. The summed E-state index contributed by atoms with van der Waals surface area (Å²) >= 11 is 0. The lowest BCUT2D eigenvalue weighted by Gasteiger charge is -2.03. The molecular formula is C12H21FO2. The maximum atomic E-state index is 12.4. The number of alkyl halides is 1. The average molecular weight is 216 g/mol. The molecule has 0 amide bonds. The third-order valence-corrected chi connectivity index (χ3v) is 2.76. The molecule has 0 unspecified atom stereocenters. The summed E-state index contributed by atoms with van der Waals surface area (Å²) in [5, 5.41) is 0. The molecule has 2 nitrogen and oxygen atoms in total. The van der Waals surface area contributed by atoms with Crippen LogP contribution in [0.1, 0.15) is 51.9 Å². The van der Waals surface area contributed by atoms with Gasteiger partial charge in [0.25, 0.3) is 0 Å². The second-order valence-corrected chi connectivity index (χ2v) is 4.29. The van der Waals surface area contributed by atoms with E-state index in [9.17, 15) is 9.18 Å². The van der Waals surface area contributed by atoms with Gasteiger partial charge in [-0.15, -0.1) is 0 Å². The van der Waals surface area contributed by atoms with Gasteiger partial charge in [-0.1, -0.05) is 39.0 Å². The van der Waals surface area contributed by atoms with Gasteiger partial charge in [0, 0.05) is 0 Å². The molecule has 3 heteroatoms. The molecule has 0 aromatic carbocycles. The minimum Gasteiger partial charge on any atom is -0.465 e. The molecular weight excluding hydrogens is 195 g/mol. The molecule has 0 aliphatic heterocycles. The number of carbonyl (C=O) groups excluding carboxylic acids is 1. The van der Waals surface area contributed by atoms with E-state index in [1.807, 2.05) is 0 Å². The number of hydrogen-bond donors (Lipinski definition) is 0. The van der Waals surface area contributed by atoms with Crippen molar-refractivity contribution in [1.29, 1.82) is 0 Å². The highest BCUT2D eigenvalue weighted by molar-refractivity contribution is 5.76. The molecule has 0 aromatic heterocycles. The van der Waals surface area contributed by atoms with Gasteiger partial charge >= 0.3 is 5.97 Å². The predicted octanol–water partition coefficient (Wildman–Crippen LogP) is 3.25. The Morgan fingerprint density at radius 2 is 1.87 bits per heavy atom. The zero-order chi connectivity index (χ0) is 11.1. The number of hydrogen-bond acceptors (Lipinski definition) is 2. The van der Waals surface area contributed by atoms with Crippen LogP contribution >= 0.6 is 0 Å². The summed E-state index contributed by atoms with van der Waals surface area (Å²) in [5.41, 5.74) is 0. The summed E-state index contributed by atoms with van der Waals surface area (Å²) < 4.78 is 17.4. The Bertz CT molecular complexity index is 194. The van der Waals surface area contributed by atoms with Crippen molar-refractivity contribution in [3.63, 3.8) is 0 Å². The summed E-state index contributed by atoms with van der Waals surface area (Å²) in [6, 6.07) is 0. The van der Waals surface area contributed by atoms with Crippen LogP contribution in [0.3, 0.4) is 0 Å². The first kappa shape index (κ1) is 12.5. The first-order valence-corrected chi connectivity index (χ1v) is 6.06. The van der Waals surface area contributed by atoms with Crippen LogP contribution in [0.15, 0.2) is 0 Å². The maximum absolute atomic E-state index is 12.4. The summed E-state index contributed by atoms with van der Waals surface area (Å²) in [6.07, 6.45) is 6.47. The van der Waals surface area contributed by atoms with Crippen molar-refractivity contribution in [3.8, 4) is 0 Å². The fraction of sp³-hybridized carbons (Fsp3) is 0.917. The van der Waals surface area contributed by atoms with Gasteiger partial charge in [-0.3, -0.25) is 4.79 Å². The molecule has 15 heavy (non-hydrogen) atoms. The maximum Gasteiger partial charge on any atom is 0.312 e. The van der Waals surface area contributed by atoms with E-state index in [0.717, 1.165) is 12.8 Å². The standard InChI is InChI=1S/C12H21FO2/c1-2-3-4-5-6-7-8-15-12(14)10-9-11(10)13/h10-11H,2-9H2,1H3/t10-,11+/m0/s1. The number of rotatable bonds is 8. The zero-order valence-corrected chi connectivity index (χ0v) is 9.51. The molecule has 88 valence electrons. The fourth-order valence-electron chi connectivity index (χ4n) is 1.57. The largest absolute Gasteiger partial charge is 0.465 e. The molecule has 1 saturated carbocycles. The Labute approximate surface area is 91.2 Å². The summed E-state index contributed by atoms with van der Waals surface area (Å²) in [4.78, 5) is 11.1. The molecule has 1 rings (SSSR count). The van der Waals surface area contributed by atoms with Crippen LogP contribution in [0.25, 0.3) is 0 Å². The normalized spacial score (nSPS) is 23.9. The predicted molar refractivity (Wildman–Crippen MR) is 57.3 cm³/mol. The van der Waals surface area contributed by atoms with Gasteiger partial charge < -0.3 is 4.74 Å². The van der Waals surface area contributed by atoms with Gasteiger partial charge in [0.2, 0.25) is 0 Å². The van der Waals surface area contributed by atoms with Gasteiger partial charge in [0.1, 0.15) is 6.17 Å². The van der Waals surface area contributed by atoms with Crippen LogP contribution in [0.4, 0.5) is 4.39 Å². The molecule has 0 N–H and O–H groups in total. The number of halogens is 1. The van der Waals surface area contributed by atoms with Gasteiger partial charge in [-0.05, 0) is 12.8 Å². The van der Waals surface area contributed by atoms with Crippen LogP contribution < -0.4 is 0 Å². The molecule has 0 radical (unpaired) electrons. The SMILES string of the molecule is CCCCCCCCOC(=O)[C@H]1C[C@H]1F. The number of unbranched alkanes of at least 4 members (excludes halogenated alkanes) is 5. The molecule has 0 saturated heterocycles. The van der Waals surface area contributed by atoms with Crippen molar-refractivity contribution < 1.29 is 13.9 Å². The van der Waals surface area contributed by atoms with Crippen molar-refractivity contribution in [2.45, 2.75) is 58.0 Å². The van der Waals surface area contributed by atoms with Gasteiger partial charge in [-0.2, -0.15) is 0 Å². The molecule has 0 heterocycles. The summed E-state index contributed by atoms with van der Waals surface area (Å²) in [7, 11) is 0. The molecule has 2 atom stereocenters. The average Bonchev–Trinajstić information content (AvgIpc) is 2.94. The lowest BCUT2D eigenvalue weighted by molar-refractivity contribution is -0.145. The van der Waals surface area contributed by atoms with Crippen molar-refractivity contribution in [3.05, 3.63) is 0 Å². The molecule has 1 fully saturated rings. The van der Waals surface area contributed by atoms with E-state index >= 15 is 0 Å². The van der Waals surface area contributed by atoms with E-state index in [-0.39, 0.29) is 5.97 Å². The number of esters is 1. The zero-order valence-electron chi connectivity index (χ0n) is 9.51. The Balaban J connectivity index is 1.82. The Morgan fingerprint density at radius 1 is 1.27 bits per heavy atom. The van der Waals surface area contributed by atoms with Crippen LogP contribution in [-0.2, 0) is 9.53 Å². The monoisotopic (exact) mass is 216 g/mol. The van der Waals surface area contributed by atoms with E-state index in [2.05, 4.69) is 6.92 Å². The highest BCUT2D eigenvalue weighted by Crippen LogP contribution is 2.34. The van der Waals surface area contributed by atoms with Crippen molar-refractivity contribution in [2.75, 3.05) is 6.61 Å². The van der Waals surface area contributed by atoms with Crippen molar-refractivity contribution in [1.82, 2.24) is 0 Å². The molecule has 0 spiro atoms. The van der Waals surface area contributed by atoms with E-state index in [1.165, 1.54) is 25.7 Å². The van der Waals surface area contributed by atoms with E-state index in [0.29, 0.717) is 13.0 Å². The Hall–Kier alpha value is -0.600. The highest BCUT2D eigenvalue weighted by atomic mass is 19.1. The van der Waals surface area contributed by atoms with E-state index in [1.54, 1.807) is 0 Å². The van der Waals surface area contributed by atoms with E-state index in [4.69, 9.17) is 4.74 Å². The first-order chi connectivity index (χ1) is 7.25. The molecule has 1 aliphatic carbocycles. The third kappa shape index (κ3) is 5.14.